The molecule has 1 aliphatic heterocycles. The lowest BCUT2D eigenvalue weighted by Crippen LogP contribution is -2.31. The quantitative estimate of drug-likeness (QED) is 0.609. The third-order valence-electron chi connectivity index (χ3n) is 4.51. The van der Waals surface area contributed by atoms with E-state index in [0.29, 0.717) is 27.9 Å². The van der Waals surface area contributed by atoms with Gasteiger partial charge in [-0.25, -0.2) is 9.59 Å². The zero-order chi connectivity index (χ0) is 20.3. The predicted molar refractivity (Wildman–Crippen MR) is 101 cm³/mol. The van der Waals surface area contributed by atoms with Crippen molar-refractivity contribution in [3.8, 4) is 0 Å². The smallest absolute Gasteiger partial charge is 0.338 e. The van der Waals surface area contributed by atoms with Crippen LogP contribution in [-0.2, 0) is 16.1 Å². The second-order valence-electron chi connectivity index (χ2n) is 6.22. The first kappa shape index (κ1) is 19.1. The number of anilines is 1. The van der Waals surface area contributed by atoms with Crippen LogP contribution in [0.5, 0.6) is 0 Å². The van der Waals surface area contributed by atoms with Crippen LogP contribution in [0.4, 0.5) is 10.5 Å². The molecule has 1 heterocycles. The monoisotopic (exact) mass is 381 g/mol. The van der Waals surface area contributed by atoms with Crippen LogP contribution in [0.2, 0.25) is 0 Å². The van der Waals surface area contributed by atoms with Crippen LogP contribution in [0.1, 0.15) is 31.8 Å². The Labute approximate surface area is 161 Å². The summed E-state index contributed by atoms with van der Waals surface area (Å²) >= 11 is 0. The van der Waals surface area contributed by atoms with E-state index in [4.69, 9.17) is 4.74 Å². The van der Waals surface area contributed by atoms with Gasteiger partial charge in [-0.15, -0.1) is 0 Å². The Morgan fingerprint density at radius 3 is 2.50 bits per heavy atom. The van der Waals surface area contributed by atoms with Crippen molar-refractivity contribution < 1.29 is 23.9 Å². The Balaban J connectivity index is 1.85. The lowest BCUT2D eigenvalue weighted by atomic mass is 10.0. The topological polar surface area (TPSA) is 105 Å². The number of rotatable bonds is 5. The number of esters is 1. The molecule has 1 saturated heterocycles. The summed E-state index contributed by atoms with van der Waals surface area (Å²) in [6, 6.07) is 11.2. The lowest BCUT2D eigenvalue weighted by Gasteiger charge is -2.16. The average Bonchev–Trinajstić information content (AvgIpc) is 3.01. The fourth-order valence-corrected chi connectivity index (χ4v) is 2.96. The largest absolute Gasteiger partial charge is 0.465 e. The molecular weight excluding hydrogens is 362 g/mol. The molecule has 8 nitrogen and oxygen atoms in total. The Hall–Kier alpha value is -3.68. The van der Waals surface area contributed by atoms with Gasteiger partial charge in [0.15, 0.2) is 0 Å². The summed E-state index contributed by atoms with van der Waals surface area (Å²) in [5.74, 6) is -1.25. The molecule has 0 atom stereocenters. The maximum absolute atomic E-state index is 12.8. The molecule has 28 heavy (non-hydrogen) atoms. The minimum atomic E-state index is -0.493. The van der Waals surface area contributed by atoms with Crippen molar-refractivity contribution in [1.82, 2.24) is 10.2 Å². The van der Waals surface area contributed by atoms with Crippen molar-refractivity contribution in [1.29, 1.82) is 0 Å². The van der Waals surface area contributed by atoms with Gasteiger partial charge in [-0.2, -0.15) is 0 Å². The van der Waals surface area contributed by atoms with Gasteiger partial charge in [0, 0.05) is 11.3 Å². The molecule has 1 fully saturated rings. The van der Waals surface area contributed by atoms with E-state index in [2.05, 4.69) is 10.6 Å². The summed E-state index contributed by atoms with van der Waals surface area (Å²) < 4.78 is 4.75. The average molecular weight is 381 g/mol. The number of nitrogens with one attached hydrogen (secondary N) is 2. The number of ether oxygens (including phenoxy) is 1. The molecule has 1 aliphatic rings. The van der Waals surface area contributed by atoms with Crippen molar-refractivity contribution in [2.24, 2.45) is 0 Å². The van der Waals surface area contributed by atoms with Gasteiger partial charge in [0.25, 0.3) is 5.91 Å². The zero-order valence-corrected chi connectivity index (χ0v) is 15.4. The van der Waals surface area contributed by atoms with Crippen molar-refractivity contribution in [2.45, 2.75) is 13.5 Å². The van der Waals surface area contributed by atoms with E-state index in [0.717, 1.165) is 4.90 Å². The van der Waals surface area contributed by atoms with E-state index >= 15 is 0 Å². The number of carbonyl (C=O) groups is 4. The first-order valence-electron chi connectivity index (χ1n) is 8.57. The molecule has 3 rings (SSSR count). The number of methoxy groups -OCH3 is 1. The van der Waals surface area contributed by atoms with E-state index in [-0.39, 0.29) is 19.0 Å². The number of amides is 4. The Morgan fingerprint density at radius 2 is 1.82 bits per heavy atom. The van der Waals surface area contributed by atoms with Gasteiger partial charge in [-0.1, -0.05) is 24.3 Å². The maximum Gasteiger partial charge on any atom is 0.338 e. The summed E-state index contributed by atoms with van der Waals surface area (Å²) in [5, 5.41) is 5.23. The van der Waals surface area contributed by atoms with Gasteiger partial charge in [-0.3, -0.25) is 14.5 Å². The molecule has 0 aromatic heterocycles. The number of carbonyl (C=O) groups excluding carboxylic acids is 4. The zero-order valence-electron chi connectivity index (χ0n) is 15.4. The summed E-state index contributed by atoms with van der Waals surface area (Å²) in [7, 11) is 1.29. The minimum absolute atomic E-state index is 0.00452. The number of benzene rings is 2. The highest BCUT2D eigenvalue weighted by Crippen LogP contribution is 2.22. The molecule has 0 unspecified atom stereocenters. The van der Waals surface area contributed by atoms with Crippen LogP contribution < -0.4 is 10.6 Å². The fraction of sp³-hybridized carbons (Fsp3) is 0.200. The van der Waals surface area contributed by atoms with Crippen molar-refractivity contribution in [3.63, 3.8) is 0 Å². The molecule has 0 saturated carbocycles. The van der Waals surface area contributed by atoms with Crippen LogP contribution in [0.25, 0.3) is 0 Å². The van der Waals surface area contributed by atoms with Gasteiger partial charge in [0.05, 0.1) is 25.8 Å². The van der Waals surface area contributed by atoms with Crippen LogP contribution in [-0.4, -0.2) is 42.4 Å². The van der Waals surface area contributed by atoms with Crippen molar-refractivity contribution in [3.05, 3.63) is 64.7 Å². The Morgan fingerprint density at radius 1 is 1.11 bits per heavy atom. The second-order valence-corrected chi connectivity index (χ2v) is 6.22. The van der Waals surface area contributed by atoms with Gasteiger partial charge >= 0.3 is 12.0 Å². The molecule has 0 spiro atoms. The molecule has 4 amide bonds. The molecule has 144 valence electrons. The van der Waals surface area contributed by atoms with E-state index in [9.17, 15) is 19.2 Å². The number of hydrogen-bond acceptors (Lipinski definition) is 5. The normalized spacial score (nSPS) is 13.3. The van der Waals surface area contributed by atoms with E-state index in [1.54, 1.807) is 49.4 Å². The van der Waals surface area contributed by atoms with Crippen LogP contribution in [0, 0.1) is 6.92 Å². The summed E-state index contributed by atoms with van der Waals surface area (Å²) in [4.78, 5) is 49.4. The fourth-order valence-electron chi connectivity index (χ4n) is 2.96. The number of urea groups is 1. The highest BCUT2D eigenvalue weighted by molar-refractivity contribution is 6.07. The molecule has 2 aromatic rings. The molecule has 0 aliphatic carbocycles. The number of nitrogens with zero attached hydrogens (tertiary/aromatic N) is 1. The standard InChI is InChI=1S/C20H19N3O5/c1-12-14(19(26)28-2)8-5-9-16(12)22-18(25)15-7-4-3-6-13(15)11-23-17(24)10-21-20(23)27/h3-9H,10-11H2,1-2H3,(H,21,27)(H,22,25). The molecule has 2 aromatic carbocycles. The van der Waals surface area contributed by atoms with Gasteiger partial charge < -0.3 is 15.4 Å². The second kappa shape index (κ2) is 7.91. The van der Waals surface area contributed by atoms with E-state index in [1.165, 1.54) is 7.11 Å². The van der Waals surface area contributed by atoms with Gasteiger partial charge in [0.1, 0.15) is 0 Å². The maximum atomic E-state index is 12.8. The first-order valence-corrected chi connectivity index (χ1v) is 8.57. The van der Waals surface area contributed by atoms with Crippen LogP contribution in [0.15, 0.2) is 42.5 Å². The molecular formula is C20H19N3O5. The highest BCUT2D eigenvalue weighted by atomic mass is 16.5. The third-order valence-corrected chi connectivity index (χ3v) is 4.51. The highest BCUT2D eigenvalue weighted by Gasteiger charge is 2.29. The van der Waals surface area contributed by atoms with Gasteiger partial charge in [-0.05, 0) is 36.2 Å². The molecule has 0 radical (unpaired) electrons. The molecule has 8 heteroatoms. The van der Waals surface area contributed by atoms with E-state index in [1.807, 2.05) is 0 Å². The Bertz CT molecular complexity index is 954. The van der Waals surface area contributed by atoms with E-state index < -0.39 is 17.9 Å². The number of imide groups is 1. The summed E-state index contributed by atoms with van der Waals surface area (Å²) in [6.45, 7) is 1.66. The van der Waals surface area contributed by atoms with Crippen LogP contribution >= 0.6 is 0 Å². The van der Waals surface area contributed by atoms with Crippen molar-refractivity contribution >= 4 is 29.5 Å². The minimum Gasteiger partial charge on any atom is -0.465 e. The SMILES string of the molecule is COC(=O)c1cccc(NC(=O)c2ccccc2CN2C(=O)CNC2=O)c1C. The predicted octanol–water partition coefficient (Wildman–Crippen LogP) is 2.09. The third kappa shape index (κ3) is 3.71. The number of hydrogen-bond donors (Lipinski definition) is 2. The van der Waals surface area contributed by atoms with Gasteiger partial charge in [0.2, 0.25) is 5.91 Å². The van der Waals surface area contributed by atoms with Crippen LogP contribution in [0.3, 0.4) is 0 Å². The summed E-state index contributed by atoms with van der Waals surface area (Å²) in [6.07, 6.45) is 0. The molecule has 0 bridgehead atoms. The first-order chi connectivity index (χ1) is 13.4. The summed E-state index contributed by atoms with van der Waals surface area (Å²) in [5.41, 5.74) is 2.27. The van der Waals surface area contributed by atoms with Crippen molar-refractivity contribution in [2.75, 3.05) is 19.0 Å². The Kier molecular flexibility index (Phi) is 5.39. The molecule has 2 N–H and O–H groups in total. The lowest BCUT2D eigenvalue weighted by molar-refractivity contribution is -0.125.